The fourth-order valence-corrected chi connectivity index (χ4v) is 2.05. The zero-order chi connectivity index (χ0) is 19.9. The molecule has 0 fully saturated rings. The van der Waals surface area contributed by atoms with E-state index in [1.807, 2.05) is 0 Å². The van der Waals surface area contributed by atoms with Crippen molar-refractivity contribution in [1.82, 2.24) is 15.2 Å². The maximum atomic E-state index is 12.5. The SMILES string of the molecule is CC(CN(C)C(=O)NCCCOc1ncc(C(F)(F)F)cc1Cl)C(=O)O. The van der Waals surface area contributed by atoms with E-state index in [0.29, 0.717) is 12.6 Å². The van der Waals surface area contributed by atoms with Crippen LogP contribution in [0, 0.1) is 5.92 Å². The topological polar surface area (TPSA) is 91.8 Å². The molecule has 0 saturated heterocycles. The number of alkyl halides is 3. The molecule has 1 aromatic heterocycles. The average molecular weight is 398 g/mol. The smallest absolute Gasteiger partial charge is 0.417 e. The summed E-state index contributed by atoms with van der Waals surface area (Å²) in [5.74, 6) is -1.82. The van der Waals surface area contributed by atoms with Gasteiger partial charge in [0.05, 0.1) is 18.1 Å². The average Bonchev–Trinajstić information content (AvgIpc) is 2.54. The van der Waals surface area contributed by atoms with E-state index in [2.05, 4.69) is 10.3 Å². The third-order valence-corrected chi connectivity index (χ3v) is 3.56. The van der Waals surface area contributed by atoms with E-state index in [1.165, 1.54) is 18.9 Å². The van der Waals surface area contributed by atoms with Crippen LogP contribution in [0.25, 0.3) is 0 Å². The first-order chi connectivity index (χ1) is 12.0. The molecule has 0 spiro atoms. The van der Waals surface area contributed by atoms with Crippen molar-refractivity contribution >= 4 is 23.6 Å². The first-order valence-electron chi connectivity index (χ1n) is 7.59. The van der Waals surface area contributed by atoms with Crippen LogP contribution >= 0.6 is 11.6 Å². The largest absolute Gasteiger partial charge is 0.481 e. The van der Waals surface area contributed by atoms with Gasteiger partial charge in [-0.1, -0.05) is 18.5 Å². The second-order valence-corrected chi connectivity index (χ2v) is 5.97. The Hall–Kier alpha value is -2.23. The van der Waals surface area contributed by atoms with Gasteiger partial charge in [-0.3, -0.25) is 4.79 Å². The predicted octanol–water partition coefficient (Wildman–Crippen LogP) is 2.88. The molecule has 2 amide bonds. The summed E-state index contributed by atoms with van der Waals surface area (Å²) < 4.78 is 42.7. The molecule has 146 valence electrons. The highest BCUT2D eigenvalue weighted by Gasteiger charge is 2.31. The number of ether oxygens (including phenoxy) is 1. The molecule has 0 aliphatic rings. The summed E-state index contributed by atoms with van der Waals surface area (Å²) in [6.45, 7) is 1.85. The minimum atomic E-state index is -4.54. The molecule has 1 atom stereocenters. The molecule has 7 nitrogen and oxygen atoms in total. The van der Waals surface area contributed by atoms with Crippen molar-refractivity contribution in [3.8, 4) is 5.88 Å². The van der Waals surface area contributed by atoms with Gasteiger partial charge in [-0.05, 0) is 12.5 Å². The Balaban J connectivity index is 2.35. The van der Waals surface area contributed by atoms with E-state index in [1.54, 1.807) is 0 Å². The normalized spacial score (nSPS) is 12.4. The lowest BCUT2D eigenvalue weighted by molar-refractivity contribution is -0.141. The van der Waals surface area contributed by atoms with Gasteiger partial charge in [-0.25, -0.2) is 9.78 Å². The molecule has 1 rings (SSSR count). The maximum Gasteiger partial charge on any atom is 0.417 e. The quantitative estimate of drug-likeness (QED) is 0.658. The molecular formula is C15H19ClF3N3O4. The van der Waals surface area contributed by atoms with Gasteiger partial charge in [0.25, 0.3) is 0 Å². The second kappa shape index (κ2) is 9.46. The Morgan fingerprint density at radius 1 is 1.46 bits per heavy atom. The van der Waals surface area contributed by atoms with Crippen LogP contribution in [0.5, 0.6) is 5.88 Å². The number of carboxylic acids is 1. The van der Waals surface area contributed by atoms with E-state index in [-0.39, 0.29) is 30.6 Å². The van der Waals surface area contributed by atoms with Gasteiger partial charge in [0.1, 0.15) is 5.02 Å². The van der Waals surface area contributed by atoms with Crippen molar-refractivity contribution in [2.24, 2.45) is 5.92 Å². The lowest BCUT2D eigenvalue weighted by atomic mass is 10.2. The fourth-order valence-electron chi connectivity index (χ4n) is 1.83. The number of nitrogens with zero attached hydrogens (tertiary/aromatic N) is 2. The molecule has 0 aliphatic carbocycles. The van der Waals surface area contributed by atoms with Gasteiger partial charge >= 0.3 is 18.2 Å². The van der Waals surface area contributed by atoms with Crippen molar-refractivity contribution in [2.75, 3.05) is 26.7 Å². The molecular weight excluding hydrogens is 379 g/mol. The van der Waals surface area contributed by atoms with Crippen molar-refractivity contribution in [2.45, 2.75) is 19.5 Å². The molecule has 0 bridgehead atoms. The summed E-state index contributed by atoms with van der Waals surface area (Å²) in [6.07, 6.45) is -3.56. The zero-order valence-corrected chi connectivity index (χ0v) is 14.9. The summed E-state index contributed by atoms with van der Waals surface area (Å²) in [7, 11) is 1.47. The summed E-state index contributed by atoms with van der Waals surface area (Å²) in [5, 5.41) is 11.1. The molecule has 0 aromatic carbocycles. The molecule has 2 N–H and O–H groups in total. The Bertz CT molecular complexity index is 643. The number of hydrogen-bond donors (Lipinski definition) is 2. The van der Waals surface area contributed by atoms with Gasteiger partial charge < -0.3 is 20.1 Å². The summed E-state index contributed by atoms with van der Waals surface area (Å²) in [5.41, 5.74) is -0.972. The van der Waals surface area contributed by atoms with Crippen LogP contribution in [0.3, 0.4) is 0 Å². The number of aliphatic carboxylic acids is 1. The fraction of sp³-hybridized carbons (Fsp3) is 0.533. The van der Waals surface area contributed by atoms with Crippen LogP contribution in [-0.2, 0) is 11.0 Å². The highest BCUT2D eigenvalue weighted by atomic mass is 35.5. The summed E-state index contributed by atoms with van der Waals surface area (Å²) in [6, 6.07) is 0.285. The van der Waals surface area contributed by atoms with Crippen molar-refractivity contribution in [1.29, 1.82) is 0 Å². The highest BCUT2D eigenvalue weighted by Crippen LogP contribution is 2.33. The predicted molar refractivity (Wildman–Crippen MR) is 87.2 cm³/mol. The highest BCUT2D eigenvalue weighted by molar-refractivity contribution is 6.31. The number of carbonyl (C=O) groups is 2. The molecule has 26 heavy (non-hydrogen) atoms. The minimum Gasteiger partial charge on any atom is -0.481 e. The number of halogens is 4. The monoisotopic (exact) mass is 397 g/mol. The van der Waals surface area contributed by atoms with E-state index in [4.69, 9.17) is 21.4 Å². The first-order valence-corrected chi connectivity index (χ1v) is 7.97. The zero-order valence-electron chi connectivity index (χ0n) is 14.1. The third-order valence-electron chi connectivity index (χ3n) is 3.29. The first kappa shape index (κ1) is 21.8. The number of aromatic nitrogens is 1. The van der Waals surface area contributed by atoms with Gasteiger partial charge in [-0.15, -0.1) is 0 Å². The summed E-state index contributed by atoms with van der Waals surface area (Å²) >= 11 is 5.70. The van der Waals surface area contributed by atoms with Gasteiger partial charge in [0.2, 0.25) is 5.88 Å². The van der Waals surface area contributed by atoms with E-state index >= 15 is 0 Å². The lowest BCUT2D eigenvalue weighted by Crippen LogP contribution is -2.41. The number of carboxylic acid groups (broad SMARTS) is 1. The number of nitrogens with one attached hydrogen (secondary N) is 1. The Morgan fingerprint density at radius 3 is 2.65 bits per heavy atom. The number of rotatable bonds is 8. The molecule has 11 heteroatoms. The van der Waals surface area contributed by atoms with Gasteiger partial charge in [0.15, 0.2) is 0 Å². The van der Waals surface area contributed by atoms with Crippen molar-refractivity contribution in [3.05, 3.63) is 22.8 Å². The van der Waals surface area contributed by atoms with Crippen LogP contribution in [0.15, 0.2) is 12.3 Å². The maximum absolute atomic E-state index is 12.5. The molecule has 1 heterocycles. The van der Waals surface area contributed by atoms with Crippen LogP contribution in [0.1, 0.15) is 18.9 Å². The van der Waals surface area contributed by atoms with E-state index in [0.717, 1.165) is 6.07 Å². The Morgan fingerprint density at radius 2 is 2.12 bits per heavy atom. The van der Waals surface area contributed by atoms with Crippen LogP contribution in [-0.4, -0.2) is 53.7 Å². The van der Waals surface area contributed by atoms with E-state index < -0.39 is 29.7 Å². The number of urea groups is 1. The number of hydrogen-bond acceptors (Lipinski definition) is 4. The molecule has 1 aromatic rings. The summed E-state index contributed by atoms with van der Waals surface area (Å²) in [4.78, 5) is 27.3. The number of amides is 2. The third kappa shape index (κ3) is 6.95. The van der Waals surface area contributed by atoms with E-state index in [9.17, 15) is 22.8 Å². The number of carbonyl (C=O) groups excluding carboxylic acids is 1. The van der Waals surface area contributed by atoms with Gasteiger partial charge in [0, 0.05) is 26.3 Å². The van der Waals surface area contributed by atoms with Crippen LogP contribution in [0.4, 0.5) is 18.0 Å². The minimum absolute atomic E-state index is 0.0583. The molecule has 1 unspecified atom stereocenters. The molecule has 0 aliphatic heterocycles. The van der Waals surface area contributed by atoms with Crippen LogP contribution < -0.4 is 10.1 Å². The molecule has 0 saturated carbocycles. The molecule has 0 radical (unpaired) electrons. The second-order valence-electron chi connectivity index (χ2n) is 5.56. The van der Waals surface area contributed by atoms with Crippen LogP contribution in [0.2, 0.25) is 5.02 Å². The Kier molecular flexibility index (Phi) is 7.94. The lowest BCUT2D eigenvalue weighted by Gasteiger charge is -2.20. The van der Waals surface area contributed by atoms with Crippen molar-refractivity contribution in [3.63, 3.8) is 0 Å². The van der Waals surface area contributed by atoms with Gasteiger partial charge in [-0.2, -0.15) is 13.2 Å². The number of pyridine rings is 1. The van der Waals surface area contributed by atoms with Crippen molar-refractivity contribution < 1.29 is 32.6 Å². The standard InChI is InChI=1S/C15H19ClF3N3O4/c1-9(13(23)24)8-22(2)14(25)20-4-3-5-26-12-11(16)6-10(7-21-12)15(17,18)19/h6-7,9H,3-5,8H2,1-2H3,(H,20,25)(H,23,24). The Labute approximate surface area is 153 Å².